The van der Waals surface area contributed by atoms with Gasteiger partial charge in [0.1, 0.15) is 5.58 Å². The zero-order valence-corrected chi connectivity index (χ0v) is 25.5. The van der Waals surface area contributed by atoms with E-state index >= 15 is 0 Å². The summed E-state index contributed by atoms with van der Waals surface area (Å²) < 4.78 is 64.0. The second kappa shape index (κ2) is 11.3. The first-order valence-electron chi connectivity index (χ1n) is 18.8. The standard InChI is InChI=1S/C39H46N2O/c1-24(2)21-39(22-25(3)4)17-15-29(16-18-39)30-12-14-31(26(5)19-30)35-20-36(40-23-27(35)6)34-10-8-9-32-33-13-11-28(7)41-38(33)42-37(32)34/h8-14,19-20,23-25,29H,15-18,21-22H2,1-7H3/i6D3,7D3,29D. The molecule has 1 saturated carbocycles. The fraction of sp³-hybridized carbons (Fsp3) is 0.436. The molecule has 0 atom stereocenters. The number of hydrogen-bond acceptors (Lipinski definition) is 3. The maximum Gasteiger partial charge on any atom is 0.227 e. The van der Waals surface area contributed by atoms with Crippen LogP contribution >= 0.6 is 0 Å². The van der Waals surface area contributed by atoms with Gasteiger partial charge >= 0.3 is 0 Å². The van der Waals surface area contributed by atoms with Crippen LogP contribution in [0.25, 0.3) is 44.5 Å². The van der Waals surface area contributed by atoms with E-state index in [1.807, 2.05) is 37.3 Å². The van der Waals surface area contributed by atoms with Crippen molar-refractivity contribution >= 4 is 22.1 Å². The SMILES string of the molecule is [2H]C([2H])([2H])c1ccc2c(n1)oc1c(-c3cc(-c4ccc(C5([2H])CCC(CC(C)C)(CC(C)C)CC5)cc4C)c(C([2H])([2H])[2H])cn3)cccc12. The molecule has 0 saturated heterocycles. The predicted molar refractivity (Wildman–Crippen MR) is 177 cm³/mol. The van der Waals surface area contributed by atoms with Crippen LogP contribution in [0.15, 0.2) is 65.2 Å². The number of nitrogens with zero attached hydrogens (tertiary/aromatic N) is 2. The minimum atomic E-state index is -2.40. The van der Waals surface area contributed by atoms with Gasteiger partial charge in [-0.2, -0.15) is 0 Å². The first-order chi connectivity index (χ1) is 22.9. The van der Waals surface area contributed by atoms with Crippen molar-refractivity contribution in [3.8, 4) is 22.4 Å². The lowest BCUT2D eigenvalue weighted by atomic mass is 9.62. The Bertz CT molecular complexity index is 1990. The van der Waals surface area contributed by atoms with Crippen LogP contribution in [-0.2, 0) is 0 Å². The van der Waals surface area contributed by atoms with E-state index < -0.39 is 19.6 Å². The highest BCUT2D eigenvalue weighted by Crippen LogP contribution is 2.50. The molecule has 0 radical (unpaired) electrons. The normalized spacial score (nSPS) is 19.6. The summed E-state index contributed by atoms with van der Waals surface area (Å²) in [6.07, 6.45) is 7.54. The molecule has 2 aromatic carbocycles. The first kappa shape index (κ1) is 21.3. The Morgan fingerprint density at radius 1 is 0.881 bits per heavy atom. The largest absolute Gasteiger partial charge is 0.437 e. The second-order valence-corrected chi connectivity index (χ2v) is 13.3. The van der Waals surface area contributed by atoms with Gasteiger partial charge < -0.3 is 4.42 Å². The van der Waals surface area contributed by atoms with Crippen molar-refractivity contribution in [3.63, 3.8) is 0 Å². The van der Waals surface area contributed by atoms with Gasteiger partial charge in [0.15, 0.2) is 0 Å². The number of aromatic nitrogens is 2. The summed E-state index contributed by atoms with van der Waals surface area (Å²) >= 11 is 0. The maximum atomic E-state index is 9.59. The molecule has 3 heterocycles. The Balaban J connectivity index is 1.39. The quantitative estimate of drug-likeness (QED) is 0.197. The van der Waals surface area contributed by atoms with E-state index in [0.29, 0.717) is 45.0 Å². The topological polar surface area (TPSA) is 38.9 Å². The third-order valence-electron chi connectivity index (χ3n) is 9.07. The molecule has 0 N–H and O–H groups in total. The Labute approximate surface area is 261 Å². The van der Waals surface area contributed by atoms with Crippen molar-refractivity contribution in [2.24, 2.45) is 17.3 Å². The van der Waals surface area contributed by atoms with Crippen LogP contribution in [-0.4, -0.2) is 9.97 Å². The zero-order valence-electron chi connectivity index (χ0n) is 32.5. The van der Waals surface area contributed by atoms with Gasteiger partial charge in [-0.1, -0.05) is 58.0 Å². The van der Waals surface area contributed by atoms with Crippen molar-refractivity contribution in [3.05, 3.63) is 83.2 Å². The van der Waals surface area contributed by atoms with Gasteiger partial charge in [-0.15, -0.1) is 0 Å². The van der Waals surface area contributed by atoms with Crippen molar-refractivity contribution in [2.45, 2.75) is 92.7 Å². The Hall–Kier alpha value is -3.46. The number of fused-ring (bicyclic) bond motifs is 3. The molecule has 0 aliphatic heterocycles. The second-order valence-electron chi connectivity index (χ2n) is 13.3. The molecule has 0 bridgehead atoms. The van der Waals surface area contributed by atoms with E-state index in [2.05, 4.69) is 43.7 Å². The van der Waals surface area contributed by atoms with Crippen molar-refractivity contribution in [2.75, 3.05) is 0 Å². The lowest BCUT2D eigenvalue weighted by Gasteiger charge is -2.43. The molecular weight excluding hydrogens is 512 g/mol. The van der Waals surface area contributed by atoms with Gasteiger partial charge in [-0.05, 0) is 134 Å². The van der Waals surface area contributed by atoms with Gasteiger partial charge in [0.2, 0.25) is 5.71 Å². The summed E-state index contributed by atoms with van der Waals surface area (Å²) in [5.41, 5.74) is 5.54. The molecule has 3 heteroatoms. The molecule has 0 unspecified atom stereocenters. The number of aryl methyl sites for hydroxylation is 3. The summed E-state index contributed by atoms with van der Waals surface area (Å²) in [4.78, 5) is 8.89. The smallest absolute Gasteiger partial charge is 0.227 e. The Morgan fingerprint density at radius 3 is 2.36 bits per heavy atom. The van der Waals surface area contributed by atoms with Crippen LogP contribution in [0.5, 0.6) is 0 Å². The average Bonchev–Trinajstić information content (AvgIpc) is 3.39. The molecule has 5 aromatic rings. The fourth-order valence-corrected chi connectivity index (χ4v) is 7.49. The average molecular weight is 566 g/mol. The van der Waals surface area contributed by atoms with Crippen LogP contribution in [0.2, 0.25) is 0 Å². The van der Waals surface area contributed by atoms with E-state index in [9.17, 15) is 1.37 Å². The van der Waals surface area contributed by atoms with Gasteiger partial charge in [-0.25, -0.2) is 4.98 Å². The van der Waals surface area contributed by atoms with E-state index in [4.69, 9.17) is 12.6 Å². The summed E-state index contributed by atoms with van der Waals surface area (Å²) in [5.74, 6) is 0.573. The van der Waals surface area contributed by atoms with Crippen molar-refractivity contribution < 1.29 is 14.0 Å². The minimum Gasteiger partial charge on any atom is -0.437 e. The van der Waals surface area contributed by atoms with E-state index in [1.165, 1.54) is 25.1 Å². The zero-order chi connectivity index (χ0) is 35.5. The molecule has 3 aromatic heterocycles. The van der Waals surface area contributed by atoms with Crippen LogP contribution in [0, 0.1) is 37.9 Å². The first-order valence-corrected chi connectivity index (χ1v) is 15.3. The third-order valence-corrected chi connectivity index (χ3v) is 9.07. The molecule has 1 aliphatic carbocycles. The molecule has 0 spiro atoms. The minimum absolute atomic E-state index is 0.0462. The molecule has 0 amide bonds. The summed E-state index contributed by atoms with van der Waals surface area (Å²) in [6.45, 7) is 6.43. The van der Waals surface area contributed by atoms with E-state index in [0.717, 1.165) is 47.8 Å². The molecule has 1 fully saturated rings. The monoisotopic (exact) mass is 565 g/mol. The fourth-order valence-electron chi connectivity index (χ4n) is 7.49. The molecule has 218 valence electrons. The van der Waals surface area contributed by atoms with Gasteiger partial charge in [-0.3, -0.25) is 4.98 Å². The lowest BCUT2D eigenvalue weighted by molar-refractivity contribution is 0.108. The highest BCUT2D eigenvalue weighted by Gasteiger charge is 2.36. The van der Waals surface area contributed by atoms with Gasteiger partial charge in [0, 0.05) is 37.8 Å². The highest BCUT2D eigenvalue weighted by molar-refractivity contribution is 6.08. The van der Waals surface area contributed by atoms with Crippen LogP contribution in [0.3, 0.4) is 0 Å². The summed E-state index contributed by atoms with van der Waals surface area (Å²) in [6, 6.07) is 16.7. The molecule has 6 rings (SSSR count). The predicted octanol–water partition coefficient (Wildman–Crippen LogP) is 11.4. The van der Waals surface area contributed by atoms with E-state index in [1.54, 1.807) is 12.1 Å². The molecular formula is C39H46N2O. The number of rotatable bonds is 7. The Morgan fingerprint density at radius 2 is 1.67 bits per heavy atom. The molecule has 1 aliphatic rings. The number of furan rings is 1. The lowest BCUT2D eigenvalue weighted by Crippen LogP contribution is -2.30. The summed E-state index contributed by atoms with van der Waals surface area (Å²) in [5, 5.41) is 1.45. The number of hydrogen-bond donors (Lipinski definition) is 0. The maximum absolute atomic E-state index is 9.59. The number of para-hydroxylation sites is 1. The highest BCUT2D eigenvalue weighted by atomic mass is 16.3. The van der Waals surface area contributed by atoms with Crippen LogP contribution in [0.1, 0.15) is 104 Å². The van der Waals surface area contributed by atoms with E-state index in [-0.39, 0.29) is 17.0 Å². The third kappa shape index (κ3) is 5.51. The van der Waals surface area contributed by atoms with Gasteiger partial charge in [0.25, 0.3) is 0 Å². The van der Waals surface area contributed by atoms with Crippen molar-refractivity contribution in [1.29, 1.82) is 0 Å². The van der Waals surface area contributed by atoms with Crippen molar-refractivity contribution in [1.82, 2.24) is 9.97 Å². The number of pyridine rings is 2. The van der Waals surface area contributed by atoms with Crippen LogP contribution < -0.4 is 0 Å². The number of benzene rings is 2. The summed E-state index contributed by atoms with van der Waals surface area (Å²) in [7, 11) is 0. The molecule has 3 nitrogen and oxygen atoms in total. The Kier molecular flexibility index (Phi) is 5.73. The van der Waals surface area contributed by atoms with Crippen LogP contribution in [0.4, 0.5) is 0 Å². The molecule has 42 heavy (non-hydrogen) atoms. The van der Waals surface area contributed by atoms with Gasteiger partial charge in [0.05, 0.1) is 5.69 Å².